The van der Waals surface area contributed by atoms with Crippen molar-refractivity contribution in [3.8, 4) is 22.3 Å². The van der Waals surface area contributed by atoms with Crippen LogP contribution >= 0.6 is 46.4 Å². The van der Waals surface area contributed by atoms with Crippen molar-refractivity contribution in [2.24, 2.45) is 0 Å². The highest BCUT2D eigenvalue weighted by Crippen LogP contribution is 2.64. The van der Waals surface area contributed by atoms with Crippen molar-refractivity contribution >= 4 is 89.6 Å². The van der Waals surface area contributed by atoms with Crippen molar-refractivity contribution in [2.75, 3.05) is 0 Å². The van der Waals surface area contributed by atoms with E-state index in [0.717, 1.165) is 44.5 Å². The Morgan fingerprint density at radius 3 is 0.639 bits per heavy atom. The van der Waals surface area contributed by atoms with E-state index in [9.17, 15) is 16.8 Å². The van der Waals surface area contributed by atoms with E-state index in [1.165, 1.54) is 0 Å². The van der Waals surface area contributed by atoms with E-state index in [1.807, 2.05) is 72.8 Å². The lowest BCUT2D eigenvalue weighted by Crippen LogP contribution is -2.26. The molecule has 4 atom stereocenters. The molecule has 4 unspecified atom stereocenters. The third-order valence-corrected chi connectivity index (χ3v) is 17.7. The van der Waals surface area contributed by atoms with Crippen LogP contribution in [0.25, 0.3) is 22.3 Å². The molecule has 61 heavy (non-hydrogen) atoms. The molecule has 0 heterocycles. The van der Waals surface area contributed by atoms with Crippen LogP contribution in [0.3, 0.4) is 0 Å². The molecule has 0 aromatic heterocycles. The number of halogens is 4. The van der Waals surface area contributed by atoms with E-state index in [4.69, 9.17) is 46.4 Å². The third kappa shape index (κ3) is 6.93. The number of hydrogen-bond acceptors (Lipinski definition) is 4. The lowest BCUT2D eigenvalue weighted by Gasteiger charge is -2.31. The SMILES string of the molecule is O=S(c1ccc(Cl)cc1)c1ccc2c(c1)C1(c3cc(S(=O)c4ccc(Cl)cc4)ccc3-2)c2cc(S(=O)c3ccc(Cl)cc3)ccc2-c2ccc(S(=O)c3ccc(Cl)cc3)cc21. The van der Waals surface area contributed by atoms with Gasteiger partial charge in [-0.3, -0.25) is 0 Å². The van der Waals surface area contributed by atoms with Crippen LogP contribution in [0.15, 0.2) is 209 Å². The topological polar surface area (TPSA) is 68.3 Å². The minimum Gasteiger partial charge on any atom is -0.249 e. The monoisotopic (exact) mass is 948 g/mol. The molecule has 1 spiro atoms. The zero-order valence-electron chi connectivity index (χ0n) is 31.4. The van der Waals surface area contributed by atoms with E-state index in [1.54, 1.807) is 97.1 Å². The molecule has 8 aromatic rings. The Bertz CT molecular complexity index is 2760. The second-order valence-corrected chi connectivity index (χ2v) is 22.1. The molecule has 0 amide bonds. The Balaban J connectivity index is 1.26. The molecule has 2 aliphatic rings. The van der Waals surface area contributed by atoms with E-state index < -0.39 is 48.6 Å². The van der Waals surface area contributed by atoms with Crippen molar-refractivity contribution in [2.45, 2.75) is 44.6 Å². The summed E-state index contributed by atoms with van der Waals surface area (Å²) in [5, 5.41) is 2.14. The molecule has 8 aromatic carbocycles. The first-order valence-electron chi connectivity index (χ1n) is 18.8. The quantitative estimate of drug-likeness (QED) is 0.152. The average Bonchev–Trinajstić information content (AvgIpc) is 3.74. The summed E-state index contributed by atoms with van der Waals surface area (Å²) in [7, 11) is -6.39. The molecule has 2 aliphatic carbocycles. The van der Waals surface area contributed by atoms with Gasteiger partial charge in [0.05, 0.1) is 48.6 Å². The fourth-order valence-electron chi connectivity index (χ4n) is 8.38. The average molecular weight is 951 g/mol. The van der Waals surface area contributed by atoms with Crippen LogP contribution in [0.5, 0.6) is 0 Å². The largest absolute Gasteiger partial charge is 0.249 e. The van der Waals surface area contributed by atoms with Crippen molar-refractivity contribution in [1.29, 1.82) is 0 Å². The van der Waals surface area contributed by atoms with Gasteiger partial charge in [-0.05, 0) is 190 Å². The molecule has 0 bridgehead atoms. The maximum absolute atomic E-state index is 14.4. The first-order valence-corrected chi connectivity index (χ1v) is 24.9. The van der Waals surface area contributed by atoms with Crippen molar-refractivity contribution in [3.05, 3.63) is 212 Å². The van der Waals surface area contributed by atoms with E-state index in [-0.39, 0.29) is 0 Å². The van der Waals surface area contributed by atoms with E-state index in [0.29, 0.717) is 59.3 Å². The van der Waals surface area contributed by atoms with Crippen molar-refractivity contribution in [3.63, 3.8) is 0 Å². The fraction of sp³-hybridized carbons (Fsp3) is 0.0204. The lowest BCUT2D eigenvalue weighted by molar-refractivity contribution is 0.682. The smallest absolute Gasteiger partial charge is 0.0849 e. The molecule has 4 nitrogen and oxygen atoms in total. The maximum atomic E-state index is 14.4. The molecule has 0 N–H and O–H groups in total. The number of rotatable bonds is 8. The van der Waals surface area contributed by atoms with Gasteiger partial charge in [0.25, 0.3) is 0 Å². The van der Waals surface area contributed by atoms with Gasteiger partial charge in [-0.25, -0.2) is 16.8 Å². The highest BCUT2D eigenvalue weighted by atomic mass is 35.5. The third-order valence-electron chi connectivity index (χ3n) is 11.1. The summed E-state index contributed by atoms with van der Waals surface area (Å²) in [6.07, 6.45) is 0. The minimum absolute atomic E-state index is 0.536. The Kier molecular flexibility index (Phi) is 10.7. The molecule has 12 heteroatoms. The lowest BCUT2D eigenvalue weighted by atomic mass is 9.70. The predicted octanol–water partition coefficient (Wildman–Crippen LogP) is 13.3. The van der Waals surface area contributed by atoms with Gasteiger partial charge in [-0.2, -0.15) is 0 Å². The zero-order chi connectivity index (χ0) is 42.2. The van der Waals surface area contributed by atoms with Crippen LogP contribution in [0.4, 0.5) is 0 Å². The summed E-state index contributed by atoms with van der Waals surface area (Å²) < 4.78 is 57.7. The van der Waals surface area contributed by atoms with Gasteiger partial charge in [0.1, 0.15) is 0 Å². The molecule has 0 radical (unpaired) electrons. The molecule has 0 saturated heterocycles. The van der Waals surface area contributed by atoms with Gasteiger partial charge >= 0.3 is 0 Å². The Hall–Kier alpha value is -4.48. The van der Waals surface area contributed by atoms with Gasteiger partial charge in [0.2, 0.25) is 0 Å². The highest BCUT2D eigenvalue weighted by molar-refractivity contribution is 7.86. The van der Waals surface area contributed by atoms with Gasteiger partial charge in [-0.15, -0.1) is 0 Å². The Labute approximate surface area is 382 Å². The molecular weight excluding hydrogens is 923 g/mol. The second kappa shape index (κ2) is 16.0. The predicted molar refractivity (Wildman–Crippen MR) is 247 cm³/mol. The van der Waals surface area contributed by atoms with Crippen LogP contribution in [-0.4, -0.2) is 16.8 Å². The Morgan fingerprint density at radius 2 is 0.443 bits per heavy atom. The summed E-state index contributed by atoms with van der Waals surface area (Å²) in [5.74, 6) is 0. The molecule has 300 valence electrons. The first kappa shape index (κ1) is 40.6. The normalized spacial score (nSPS) is 16.6. The molecular formula is C49H28Cl4O4S4. The standard InChI is InChI=1S/C49H28Cl4O4S4/c50-29-1-9-33(10-2-29)58(54)37-17-21-41-42-22-18-38(59(55)34-11-3-30(51)4-12-34)26-46(42)49(45(41)25-37)47-27-39(60(56)35-13-5-31(52)6-14-35)19-23-43(47)44-24-20-40(28-48(44)49)61(57)36-15-7-32(53)8-16-36/h1-28H. The molecule has 0 fully saturated rings. The summed E-state index contributed by atoms with van der Waals surface area (Å²) in [5.41, 5.74) is 5.77. The van der Waals surface area contributed by atoms with Crippen LogP contribution in [-0.2, 0) is 48.6 Å². The highest BCUT2D eigenvalue weighted by Gasteiger charge is 2.52. The summed E-state index contributed by atoms with van der Waals surface area (Å²) in [6.45, 7) is 0. The molecule has 0 saturated carbocycles. The van der Waals surface area contributed by atoms with Gasteiger partial charge in [0, 0.05) is 59.3 Å². The minimum atomic E-state index is -1.60. The number of benzene rings is 8. The molecule has 10 rings (SSSR count). The fourth-order valence-corrected chi connectivity index (χ4v) is 13.2. The van der Waals surface area contributed by atoms with Crippen molar-refractivity contribution in [1.82, 2.24) is 0 Å². The number of fused-ring (bicyclic) bond motifs is 10. The summed E-state index contributed by atoms with van der Waals surface area (Å²) in [4.78, 5) is 4.60. The second-order valence-electron chi connectivity index (χ2n) is 14.5. The van der Waals surface area contributed by atoms with Crippen LogP contribution in [0.1, 0.15) is 22.3 Å². The van der Waals surface area contributed by atoms with E-state index in [2.05, 4.69) is 0 Å². The Morgan fingerprint density at radius 1 is 0.262 bits per heavy atom. The van der Waals surface area contributed by atoms with Gasteiger partial charge in [-0.1, -0.05) is 70.7 Å². The van der Waals surface area contributed by atoms with Crippen molar-refractivity contribution < 1.29 is 16.8 Å². The van der Waals surface area contributed by atoms with Crippen LogP contribution < -0.4 is 0 Å². The molecule has 0 aliphatic heterocycles. The van der Waals surface area contributed by atoms with Crippen LogP contribution in [0.2, 0.25) is 20.1 Å². The first-order chi connectivity index (χ1) is 29.5. The summed E-state index contributed by atoms with van der Waals surface area (Å²) in [6, 6.07) is 51.2. The van der Waals surface area contributed by atoms with Crippen LogP contribution in [0, 0.1) is 0 Å². The maximum Gasteiger partial charge on any atom is 0.0849 e. The van der Waals surface area contributed by atoms with Gasteiger partial charge < -0.3 is 0 Å². The summed E-state index contributed by atoms with van der Waals surface area (Å²) >= 11 is 24.9. The van der Waals surface area contributed by atoms with Gasteiger partial charge in [0.15, 0.2) is 0 Å². The van der Waals surface area contributed by atoms with E-state index >= 15 is 0 Å². The number of hydrogen-bond donors (Lipinski definition) is 0. The zero-order valence-corrected chi connectivity index (χ0v) is 37.7.